The van der Waals surface area contributed by atoms with E-state index in [-0.39, 0.29) is 11.6 Å². The second-order valence-electron chi connectivity index (χ2n) is 6.02. The summed E-state index contributed by atoms with van der Waals surface area (Å²) in [6.07, 6.45) is 5.41. The Morgan fingerprint density at radius 2 is 2.17 bits per heavy atom. The fourth-order valence-corrected chi connectivity index (χ4v) is 2.87. The summed E-state index contributed by atoms with van der Waals surface area (Å²) in [5.41, 5.74) is -0.280. The number of benzene rings is 1. The van der Waals surface area contributed by atoms with Crippen LogP contribution in [0.5, 0.6) is 5.75 Å². The Balaban J connectivity index is 2.19. The third-order valence-electron chi connectivity index (χ3n) is 4.30. The van der Waals surface area contributed by atoms with Crippen molar-refractivity contribution in [3.05, 3.63) is 39.4 Å². The van der Waals surface area contributed by atoms with Gasteiger partial charge < -0.3 is 10.4 Å². The van der Waals surface area contributed by atoms with Gasteiger partial charge in [0.2, 0.25) is 0 Å². The molecule has 1 amide bonds. The maximum Gasteiger partial charge on any atom is 0.311 e. The lowest BCUT2D eigenvalue weighted by molar-refractivity contribution is -0.385. The van der Waals surface area contributed by atoms with E-state index >= 15 is 0 Å². The Kier molecular flexibility index (Phi) is 5.53. The molecule has 7 heteroatoms. The third-order valence-corrected chi connectivity index (χ3v) is 4.30. The minimum atomic E-state index is -0.720. The summed E-state index contributed by atoms with van der Waals surface area (Å²) in [6.45, 7) is 2.07. The molecule has 126 valence electrons. The van der Waals surface area contributed by atoms with E-state index in [1.807, 2.05) is 6.07 Å². The highest BCUT2D eigenvalue weighted by Crippen LogP contribution is 2.27. The molecule has 0 bridgehead atoms. The van der Waals surface area contributed by atoms with Crippen LogP contribution >= 0.6 is 0 Å². The number of aromatic hydroxyl groups is 1. The molecule has 0 aliphatic heterocycles. The Morgan fingerprint density at radius 3 is 2.79 bits per heavy atom. The molecule has 0 heterocycles. The summed E-state index contributed by atoms with van der Waals surface area (Å²) < 4.78 is 0. The van der Waals surface area contributed by atoms with Crippen LogP contribution in [0.25, 0.3) is 6.08 Å². The van der Waals surface area contributed by atoms with Crippen LogP contribution in [0.2, 0.25) is 0 Å². The fourth-order valence-electron chi connectivity index (χ4n) is 2.87. The molecule has 1 fully saturated rings. The van der Waals surface area contributed by atoms with Gasteiger partial charge in [0.05, 0.1) is 4.92 Å². The van der Waals surface area contributed by atoms with Gasteiger partial charge in [-0.25, -0.2) is 0 Å². The van der Waals surface area contributed by atoms with E-state index in [9.17, 15) is 25.3 Å². The van der Waals surface area contributed by atoms with E-state index in [4.69, 9.17) is 0 Å². The van der Waals surface area contributed by atoms with E-state index in [0.29, 0.717) is 11.5 Å². The number of carbonyl (C=O) groups is 1. The van der Waals surface area contributed by atoms with Crippen molar-refractivity contribution >= 4 is 17.7 Å². The molecule has 1 saturated carbocycles. The number of rotatable bonds is 4. The normalized spacial score (nSPS) is 20.9. The van der Waals surface area contributed by atoms with E-state index in [0.717, 1.165) is 31.7 Å². The van der Waals surface area contributed by atoms with Crippen molar-refractivity contribution in [2.45, 2.75) is 38.6 Å². The Bertz CT molecular complexity index is 721. The number of nitriles is 1. The summed E-state index contributed by atoms with van der Waals surface area (Å²) in [4.78, 5) is 22.4. The van der Waals surface area contributed by atoms with Crippen molar-refractivity contribution in [2.24, 2.45) is 5.92 Å². The van der Waals surface area contributed by atoms with Crippen molar-refractivity contribution in [3.8, 4) is 11.8 Å². The number of amides is 1. The van der Waals surface area contributed by atoms with Gasteiger partial charge in [-0.15, -0.1) is 0 Å². The average molecular weight is 329 g/mol. The lowest BCUT2D eigenvalue weighted by atomic mass is 9.86. The number of phenolic OH excluding ortho intramolecular Hbond substituents is 1. The van der Waals surface area contributed by atoms with Crippen LogP contribution in [0.15, 0.2) is 23.8 Å². The van der Waals surface area contributed by atoms with E-state index in [2.05, 4.69) is 12.2 Å². The first-order valence-electron chi connectivity index (χ1n) is 7.82. The number of carbonyl (C=O) groups excluding carboxylic acids is 1. The van der Waals surface area contributed by atoms with Crippen LogP contribution in [0.4, 0.5) is 5.69 Å². The van der Waals surface area contributed by atoms with Crippen molar-refractivity contribution in [2.75, 3.05) is 0 Å². The van der Waals surface area contributed by atoms with Crippen LogP contribution in [-0.4, -0.2) is 22.0 Å². The minimum absolute atomic E-state index is 0.0390. The molecule has 0 radical (unpaired) electrons. The highest BCUT2D eigenvalue weighted by atomic mass is 16.6. The van der Waals surface area contributed by atoms with Gasteiger partial charge in [0.15, 0.2) is 5.75 Å². The first kappa shape index (κ1) is 17.5. The second-order valence-corrected chi connectivity index (χ2v) is 6.02. The summed E-state index contributed by atoms with van der Waals surface area (Å²) in [5.74, 6) is -0.583. The van der Waals surface area contributed by atoms with E-state index in [1.165, 1.54) is 18.2 Å². The molecule has 24 heavy (non-hydrogen) atoms. The zero-order valence-electron chi connectivity index (χ0n) is 13.4. The number of nitro benzene ring substituents is 1. The minimum Gasteiger partial charge on any atom is -0.502 e. The van der Waals surface area contributed by atoms with Gasteiger partial charge in [-0.2, -0.15) is 5.26 Å². The maximum absolute atomic E-state index is 12.3. The lowest BCUT2D eigenvalue weighted by Crippen LogP contribution is -2.41. The summed E-state index contributed by atoms with van der Waals surface area (Å²) in [5, 5.41) is 32.4. The first-order chi connectivity index (χ1) is 11.4. The van der Waals surface area contributed by atoms with E-state index < -0.39 is 22.3 Å². The van der Waals surface area contributed by atoms with Crippen LogP contribution in [-0.2, 0) is 4.79 Å². The summed E-state index contributed by atoms with van der Waals surface area (Å²) in [7, 11) is 0. The third kappa shape index (κ3) is 4.10. The largest absolute Gasteiger partial charge is 0.502 e. The second kappa shape index (κ2) is 7.59. The van der Waals surface area contributed by atoms with Crippen LogP contribution in [0, 0.1) is 27.4 Å². The van der Waals surface area contributed by atoms with Crippen molar-refractivity contribution in [3.63, 3.8) is 0 Å². The molecule has 2 N–H and O–H groups in total. The first-order valence-corrected chi connectivity index (χ1v) is 7.82. The molecule has 1 aliphatic rings. The smallest absolute Gasteiger partial charge is 0.311 e. The number of nitro groups is 1. The van der Waals surface area contributed by atoms with Gasteiger partial charge in [-0.3, -0.25) is 14.9 Å². The van der Waals surface area contributed by atoms with Gasteiger partial charge >= 0.3 is 5.69 Å². The molecule has 0 saturated heterocycles. The van der Waals surface area contributed by atoms with Crippen molar-refractivity contribution in [1.29, 1.82) is 5.26 Å². The van der Waals surface area contributed by atoms with Gasteiger partial charge in [-0.05, 0) is 36.5 Å². The fraction of sp³-hybridized carbons (Fsp3) is 0.412. The molecule has 2 rings (SSSR count). The standard InChI is InChI=1S/C17H19N3O4/c1-11-4-2-3-5-14(11)19-17(22)13(10-18)8-12-6-7-16(21)15(9-12)20(23)24/h6-9,11,14,21H,2-5H2,1H3,(H,19,22)/b13-8+/t11-,14-/m0/s1. The van der Waals surface area contributed by atoms with E-state index in [1.54, 1.807) is 0 Å². The molecule has 0 aromatic heterocycles. The molecule has 7 nitrogen and oxygen atoms in total. The Hall–Kier alpha value is -2.88. The maximum atomic E-state index is 12.3. The number of nitrogens with zero attached hydrogens (tertiary/aromatic N) is 2. The molecular formula is C17H19N3O4. The Labute approximate surface area is 139 Å². The average Bonchev–Trinajstić information content (AvgIpc) is 2.55. The molecule has 0 unspecified atom stereocenters. The lowest BCUT2D eigenvalue weighted by Gasteiger charge is -2.29. The number of nitrogens with one attached hydrogen (secondary N) is 1. The zero-order chi connectivity index (χ0) is 17.7. The highest BCUT2D eigenvalue weighted by molar-refractivity contribution is 6.01. The van der Waals surface area contributed by atoms with Gasteiger partial charge in [-0.1, -0.05) is 25.8 Å². The molecule has 1 aliphatic carbocycles. The highest BCUT2D eigenvalue weighted by Gasteiger charge is 2.24. The van der Waals surface area contributed by atoms with Gasteiger partial charge in [0, 0.05) is 12.1 Å². The Morgan fingerprint density at radius 1 is 1.46 bits per heavy atom. The number of phenols is 1. The molecule has 1 aromatic rings. The SMILES string of the molecule is C[C@H]1CCCC[C@@H]1NC(=O)/C(C#N)=C/c1ccc(O)c([N+](=O)[O-])c1. The molecule has 0 spiro atoms. The number of hydrogen-bond acceptors (Lipinski definition) is 5. The van der Waals surface area contributed by atoms with Crippen molar-refractivity contribution in [1.82, 2.24) is 5.32 Å². The van der Waals surface area contributed by atoms with Gasteiger partial charge in [0.25, 0.3) is 5.91 Å². The zero-order valence-corrected chi connectivity index (χ0v) is 13.4. The molecular weight excluding hydrogens is 310 g/mol. The van der Waals surface area contributed by atoms with Crippen LogP contribution < -0.4 is 5.32 Å². The van der Waals surface area contributed by atoms with Crippen LogP contribution in [0.3, 0.4) is 0 Å². The predicted octanol–water partition coefficient (Wildman–Crippen LogP) is 2.90. The topological polar surface area (TPSA) is 116 Å². The van der Waals surface area contributed by atoms with Gasteiger partial charge in [0.1, 0.15) is 11.6 Å². The predicted molar refractivity (Wildman–Crippen MR) is 87.9 cm³/mol. The van der Waals surface area contributed by atoms with Crippen molar-refractivity contribution < 1.29 is 14.8 Å². The summed E-state index contributed by atoms with van der Waals surface area (Å²) >= 11 is 0. The molecule has 1 aromatic carbocycles. The number of hydrogen-bond donors (Lipinski definition) is 2. The summed E-state index contributed by atoms with van der Waals surface area (Å²) in [6, 6.07) is 5.58. The monoisotopic (exact) mass is 329 g/mol. The van der Waals surface area contributed by atoms with Crippen LogP contribution in [0.1, 0.15) is 38.2 Å². The molecule has 2 atom stereocenters. The quantitative estimate of drug-likeness (QED) is 0.381.